The second-order valence-electron chi connectivity index (χ2n) is 12.8. The molecular weight excluding hydrogens is 654 g/mol. The van der Waals surface area contributed by atoms with Crippen molar-refractivity contribution >= 4 is 44.3 Å². The van der Waals surface area contributed by atoms with Gasteiger partial charge < -0.3 is 10.2 Å². The van der Waals surface area contributed by atoms with Crippen LogP contribution in [0.25, 0.3) is 22.2 Å². The van der Waals surface area contributed by atoms with Crippen LogP contribution in [0.5, 0.6) is 0 Å². The number of piperidine rings is 2. The van der Waals surface area contributed by atoms with Crippen LogP contribution in [0.15, 0.2) is 83.5 Å². The van der Waals surface area contributed by atoms with Crippen molar-refractivity contribution in [3.8, 4) is 11.3 Å². The zero-order valence-corrected chi connectivity index (χ0v) is 28.3. The molecule has 47 heavy (non-hydrogen) atoms. The number of nitrogens with one attached hydrogen (secondary N) is 1. The summed E-state index contributed by atoms with van der Waals surface area (Å²) in [7, 11) is 0. The summed E-state index contributed by atoms with van der Waals surface area (Å²) >= 11 is 3.47. The summed E-state index contributed by atoms with van der Waals surface area (Å²) in [6.45, 7) is 7.09. The molecule has 2 amide bonds. The van der Waals surface area contributed by atoms with E-state index in [1.54, 1.807) is 4.68 Å². The largest absolute Gasteiger partial charge is 0.348 e. The predicted octanol–water partition coefficient (Wildman–Crippen LogP) is 6.64. The molecule has 5 aromatic rings. The van der Waals surface area contributed by atoms with E-state index >= 15 is 0 Å². The first-order chi connectivity index (χ1) is 22.8. The predicted molar refractivity (Wildman–Crippen MR) is 187 cm³/mol. The van der Waals surface area contributed by atoms with Crippen molar-refractivity contribution in [1.82, 2.24) is 30.2 Å². The highest BCUT2D eigenvalue weighted by Crippen LogP contribution is 2.30. The number of nitrogens with zero attached hydrogens (tertiary/aromatic N) is 6. The van der Waals surface area contributed by atoms with Crippen LogP contribution in [0, 0.1) is 13.8 Å². The molecule has 0 bridgehead atoms. The SMILES string of the molecule is Cc1ccc(-c2cc(C(=O)NC3CCCN(Cc4cn(C5CCCN(c6ccc(Br)cc6)C5=O)nn4)C3)c3ccccc3n2)c(C)c1. The highest BCUT2D eigenvalue weighted by atomic mass is 79.9. The van der Waals surface area contributed by atoms with Crippen molar-refractivity contribution in [1.29, 1.82) is 0 Å². The van der Waals surface area contributed by atoms with E-state index in [0.717, 1.165) is 75.8 Å². The third kappa shape index (κ3) is 6.71. The molecule has 0 spiro atoms. The van der Waals surface area contributed by atoms with Crippen molar-refractivity contribution in [2.75, 3.05) is 24.5 Å². The number of amides is 2. The number of carbonyl (C=O) groups excluding carboxylic acids is 2. The van der Waals surface area contributed by atoms with Gasteiger partial charge in [0.05, 0.1) is 28.7 Å². The van der Waals surface area contributed by atoms with Crippen molar-refractivity contribution < 1.29 is 9.59 Å². The van der Waals surface area contributed by atoms with Gasteiger partial charge in [0.25, 0.3) is 11.8 Å². The molecule has 7 rings (SSSR count). The normalized spacial score (nSPS) is 18.9. The fraction of sp³-hybridized carbons (Fsp3) is 0.324. The summed E-state index contributed by atoms with van der Waals surface area (Å²) < 4.78 is 2.71. The summed E-state index contributed by atoms with van der Waals surface area (Å²) in [5.41, 5.74) is 7.32. The average molecular weight is 693 g/mol. The number of para-hydroxylation sites is 1. The zero-order chi connectivity index (χ0) is 32.5. The van der Waals surface area contributed by atoms with Crippen LogP contribution in [0.1, 0.15) is 58.9 Å². The Bertz CT molecular complexity index is 1940. The molecule has 10 heteroatoms. The Labute approximate surface area is 283 Å². The fourth-order valence-electron chi connectivity index (χ4n) is 6.93. The molecule has 2 unspecified atom stereocenters. The molecule has 2 atom stereocenters. The van der Waals surface area contributed by atoms with E-state index in [4.69, 9.17) is 4.98 Å². The molecule has 0 aliphatic carbocycles. The quantitative estimate of drug-likeness (QED) is 0.206. The van der Waals surface area contributed by atoms with Gasteiger partial charge in [-0.25, -0.2) is 9.67 Å². The molecular formula is C37H38BrN7O2. The molecule has 2 aliphatic rings. The molecule has 9 nitrogen and oxygen atoms in total. The number of hydrogen-bond donors (Lipinski definition) is 1. The van der Waals surface area contributed by atoms with Gasteiger partial charge in [-0.15, -0.1) is 5.10 Å². The maximum Gasteiger partial charge on any atom is 0.252 e. The molecule has 0 radical (unpaired) electrons. The summed E-state index contributed by atoms with van der Waals surface area (Å²) in [5, 5.41) is 13.0. The Morgan fingerprint density at radius 2 is 1.79 bits per heavy atom. The number of pyridine rings is 1. The fourth-order valence-corrected chi connectivity index (χ4v) is 7.19. The van der Waals surface area contributed by atoms with Gasteiger partial charge in [0, 0.05) is 46.8 Å². The molecule has 2 aliphatic heterocycles. The summed E-state index contributed by atoms with van der Waals surface area (Å²) in [6.07, 6.45) is 5.42. The van der Waals surface area contributed by atoms with Crippen molar-refractivity contribution in [3.05, 3.63) is 106 Å². The number of rotatable bonds is 7. The lowest BCUT2D eigenvalue weighted by Gasteiger charge is -2.33. The topological polar surface area (TPSA) is 96.2 Å². The minimum absolute atomic E-state index is 0.00201. The molecule has 2 saturated heterocycles. The Balaban J connectivity index is 1.03. The number of halogens is 1. The van der Waals surface area contributed by atoms with Gasteiger partial charge in [0.2, 0.25) is 0 Å². The monoisotopic (exact) mass is 691 g/mol. The molecule has 2 fully saturated rings. The van der Waals surface area contributed by atoms with E-state index in [1.807, 2.05) is 65.7 Å². The lowest BCUT2D eigenvalue weighted by molar-refractivity contribution is -0.123. The van der Waals surface area contributed by atoms with Gasteiger partial charge in [-0.05, 0) is 88.0 Å². The number of fused-ring (bicyclic) bond motifs is 1. The van der Waals surface area contributed by atoms with E-state index in [2.05, 4.69) is 68.5 Å². The Hall–Kier alpha value is -4.41. The Morgan fingerprint density at radius 3 is 2.62 bits per heavy atom. The Kier molecular flexibility index (Phi) is 8.88. The standard InChI is InChI=1S/C37H38BrN7O2/c1-24-11-16-30(25(2)19-24)34-20-32(31-8-3-4-9-33(31)40-34)36(46)39-27-7-5-17-43(21-27)22-28-23-45(42-41-28)35-10-6-18-44(37(35)47)29-14-12-26(38)13-15-29/h3-4,8-9,11-16,19-20,23,27,35H,5-7,10,17-18,21-22H2,1-2H3,(H,39,46). The number of benzene rings is 3. The van der Waals surface area contributed by atoms with Gasteiger partial charge in [-0.2, -0.15) is 0 Å². The van der Waals surface area contributed by atoms with Crippen LogP contribution in [0.2, 0.25) is 0 Å². The second-order valence-corrected chi connectivity index (χ2v) is 13.7. The van der Waals surface area contributed by atoms with Crippen LogP contribution in [0.3, 0.4) is 0 Å². The van der Waals surface area contributed by atoms with E-state index in [0.29, 0.717) is 25.2 Å². The summed E-state index contributed by atoms with van der Waals surface area (Å²) in [5.74, 6) is -0.0429. The van der Waals surface area contributed by atoms with E-state index in [-0.39, 0.29) is 23.9 Å². The van der Waals surface area contributed by atoms with Gasteiger partial charge in [0.1, 0.15) is 6.04 Å². The van der Waals surface area contributed by atoms with Gasteiger partial charge >= 0.3 is 0 Å². The van der Waals surface area contributed by atoms with Crippen molar-refractivity contribution in [2.24, 2.45) is 0 Å². The van der Waals surface area contributed by atoms with Crippen LogP contribution in [0.4, 0.5) is 5.69 Å². The zero-order valence-electron chi connectivity index (χ0n) is 26.7. The van der Waals surface area contributed by atoms with Crippen LogP contribution < -0.4 is 10.2 Å². The first-order valence-electron chi connectivity index (χ1n) is 16.3. The van der Waals surface area contributed by atoms with Crippen molar-refractivity contribution in [3.63, 3.8) is 0 Å². The second kappa shape index (κ2) is 13.4. The minimum atomic E-state index is -0.370. The van der Waals surface area contributed by atoms with E-state index in [1.165, 1.54) is 5.56 Å². The smallest absolute Gasteiger partial charge is 0.252 e. The maximum atomic E-state index is 13.8. The minimum Gasteiger partial charge on any atom is -0.348 e. The van der Waals surface area contributed by atoms with Gasteiger partial charge in [-0.3, -0.25) is 14.5 Å². The van der Waals surface area contributed by atoms with Crippen LogP contribution >= 0.6 is 15.9 Å². The molecule has 0 saturated carbocycles. The molecule has 2 aromatic heterocycles. The number of aryl methyl sites for hydroxylation is 2. The van der Waals surface area contributed by atoms with Crippen LogP contribution in [-0.2, 0) is 11.3 Å². The van der Waals surface area contributed by atoms with Crippen LogP contribution in [-0.4, -0.2) is 62.4 Å². The Morgan fingerprint density at radius 1 is 0.979 bits per heavy atom. The third-order valence-electron chi connectivity index (χ3n) is 9.27. The lowest BCUT2D eigenvalue weighted by atomic mass is 9.98. The molecule has 1 N–H and O–H groups in total. The molecule has 240 valence electrons. The maximum absolute atomic E-state index is 13.8. The van der Waals surface area contributed by atoms with E-state index < -0.39 is 0 Å². The van der Waals surface area contributed by atoms with Gasteiger partial charge in [0.15, 0.2) is 0 Å². The number of anilines is 1. The highest BCUT2D eigenvalue weighted by molar-refractivity contribution is 9.10. The third-order valence-corrected chi connectivity index (χ3v) is 9.80. The summed E-state index contributed by atoms with van der Waals surface area (Å²) in [6, 6.07) is 23.6. The molecule has 3 aromatic carbocycles. The number of carbonyl (C=O) groups is 2. The number of hydrogen-bond acceptors (Lipinski definition) is 6. The number of likely N-dealkylation sites (tertiary alicyclic amines) is 1. The highest BCUT2D eigenvalue weighted by Gasteiger charge is 2.32. The van der Waals surface area contributed by atoms with E-state index in [9.17, 15) is 9.59 Å². The first-order valence-corrected chi connectivity index (χ1v) is 17.1. The average Bonchev–Trinajstić information content (AvgIpc) is 3.53. The first kappa shape index (κ1) is 31.2. The lowest BCUT2D eigenvalue weighted by Crippen LogP contribution is -2.47. The summed E-state index contributed by atoms with van der Waals surface area (Å²) in [4.78, 5) is 36.4. The molecule has 4 heterocycles. The number of aromatic nitrogens is 4. The van der Waals surface area contributed by atoms with Crippen molar-refractivity contribution in [2.45, 2.75) is 58.2 Å². The van der Waals surface area contributed by atoms with Gasteiger partial charge in [-0.1, -0.05) is 63.1 Å².